The summed E-state index contributed by atoms with van der Waals surface area (Å²) in [5, 5.41) is 6.32. The van der Waals surface area contributed by atoms with Gasteiger partial charge >= 0.3 is 0 Å². The number of ether oxygens (including phenoxy) is 2. The standard InChI is InChI=1S/C17H25N3O4/c1-23-12-17(5-7-19-8-6-17)11-20-16(22)13-3-2-4-14(9-13)24-10-15(18)21/h2-4,9,19H,5-8,10-12H2,1H3,(H2,18,21)(H,20,22). The average molecular weight is 335 g/mol. The van der Waals surface area contributed by atoms with E-state index in [1.807, 2.05) is 0 Å². The van der Waals surface area contributed by atoms with E-state index in [9.17, 15) is 9.59 Å². The average Bonchev–Trinajstić information content (AvgIpc) is 2.59. The number of nitrogens with two attached hydrogens (primary N) is 1. The van der Waals surface area contributed by atoms with Crippen molar-refractivity contribution in [2.75, 3.05) is 40.0 Å². The normalized spacial score (nSPS) is 16.4. The molecular formula is C17H25N3O4. The number of hydrogen-bond acceptors (Lipinski definition) is 5. The molecule has 2 amide bonds. The molecule has 0 aromatic heterocycles. The Morgan fingerprint density at radius 3 is 2.75 bits per heavy atom. The van der Waals surface area contributed by atoms with Gasteiger partial charge in [0.05, 0.1) is 6.61 Å². The number of nitrogens with one attached hydrogen (secondary N) is 2. The second kappa shape index (κ2) is 8.65. The van der Waals surface area contributed by atoms with Crippen molar-refractivity contribution in [3.05, 3.63) is 29.8 Å². The van der Waals surface area contributed by atoms with Gasteiger partial charge in [-0.25, -0.2) is 0 Å². The monoisotopic (exact) mass is 335 g/mol. The van der Waals surface area contributed by atoms with Crippen LogP contribution in [0.1, 0.15) is 23.2 Å². The van der Waals surface area contributed by atoms with Crippen LogP contribution in [0.5, 0.6) is 5.75 Å². The van der Waals surface area contributed by atoms with Crippen LogP contribution in [-0.4, -0.2) is 51.8 Å². The van der Waals surface area contributed by atoms with Crippen LogP contribution in [0.2, 0.25) is 0 Å². The van der Waals surface area contributed by atoms with E-state index < -0.39 is 5.91 Å². The number of hydrogen-bond donors (Lipinski definition) is 3. The van der Waals surface area contributed by atoms with Crippen molar-refractivity contribution in [1.82, 2.24) is 10.6 Å². The number of carbonyl (C=O) groups is 2. The highest BCUT2D eigenvalue weighted by molar-refractivity contribution is 5.94. The van der Waals surface area contributed by atoms with Crippen LogP contribution < -0.4 is 21.1 Å². The molecule has 132 valence electrons. The van der Waals surface area contributed by atoms with Crippen LogP contribution in [0.15, 0.2) is 24.3 Å². The third kappa shape index (κ3) is 5.21. The molecule has 0 saturated carbocycles. The Balaban J connectivity index is 1.96. The highest BCUT2D eigenvalue weighted by Gasteiger charge is 2.32. The van der Waals surface area contributed by atoms with Gasteiger partial charge in [-0.1, -0.05) is 6.07 Å². The van der Waals surface area contributed by atoms with Crippen molar-refractivity contribution >= 4 is 11.8 Å². The van der Waals surface area contributed by atoms with Crippen LogP contribution in [-0.2, 0) is 9.53 Å². The van der Waals surface area contributed by atoms with Crippen molar-refractivity contribution in [3.8, 4) is 5.75 Å². The van der Waals surface area contributed by atoms with Gasteiger partial charge in [0, 0.05) is 24.6 Å². The molecule has 1 aliphatic rings. The molecule has 7 heteroatoms. The zero-order valence-electron chi connectivity index (χ0n) is 14.0. The van der Waals surface area contributed by atoms with Crippen molar-refractivity contribution in [3.63, 3.8) is 0 Å². The topological polar surface area (TPSA) is 103 Å². The summed E-state index contributed by atoms with van der Waals surface area (Å²) >= 11 is 0. The van der Waals surface area contributed by atoms with Crippen LogP contribution >= 0.6 is 0 Å². The van der Waals surface area contributed by atoms with Crippen molar-refractivity contribution in [1.29, 1.82) is 0 Å². The Hall–Kier alpha value is -2.12. The summed E-state index contributed by atoms with van der Waals surface area (Å²) in [7, 11) is 1.69. The lowest BCUT2D eigenvalue weighted by Crippen LogP contribution is -2.47. The smallest absolute Gasteiger partial charge is 0.255 e. The summed E-state index contributed by atoms with van der Waals surface area (Å²) < 4.78 is 10.6. The van der Waals surface area contributed by atoms with Crippen molar-refractivity contribution in [2.24, 2.45) is 11.1 Å². The Morgan fingerprint density at radius 1 is 1.33 bits per heavy atom. The third-order valence-corrected chi connectivity index (χ3v) is 4.22. The predicted octanol–water partition coefficient (Wildman–Crippen LogP) is 0.297. The molecule has 1 heterocycles. The van der Waals surface area contributed by atoms with E-state index in [2.05, 4.69) is 10.6 Å². The molecule has 1 aliphatic heterocycles. The van der Waals surface area contributed by atoms with E-state index in [1.165, 1.54) is 0 Å². The second-order valence-corrected chi connectivity index (χ2v) is 6.15. The number of benzene rings is 1. The predicted molar refractivity (Wildman–Crippen MR) is 89.9 cm³/mol. The first-order chi connectivity index (χ1) is 11.5. The molecule has 1 fully saturated rings. The van der Waals surface area contributed by atoms with Crippen LogP contribution in [0.4, 0.5) is 0 Å². The van der Waals surface area contributed by atoms with Gasteiger partial charge in [0.15, 0.2) is 6.61 Å². The lowest BCUT2D eigenvalue weighted by Gasteiger charge is -2.37. The highest BCUT2D eigenvalue weighted by atomic mass is 16.5. The third-order valence-electron chi connectivity index (χ3n) is 4.22. The molecule has 0 aliphatic carbocycles. The van der Waals surface area contributed by atoms with Gasteiger partial charge in [-0.2, -0.15) is 0 Å². The van der Waals surface area contributed by atoms with E-state index in [-0.39, 0.29) is 17.9 Å². The summed E-state index contributed by atoms with van der Waals surface area (Å²) in [6.07, 6.45) is 1.92. The van der Waals surface area contributed by atoms with Gasteiger partial charge in [0.1, 0.15) is 5.75 Å². The Kier molecular flexibility index (Phi) is 6.57. The molecule has 0 bridgehead atoms. The molecule has 0 spiro atoms. The SMILES string of the molecule is COCC1(CNC(=O)c2cccc(OCC(N)=O)c2)CCNCC1. The number of rotatable bonds is 8. The first kappa shape index (κ1) is 18.2. The number of primary amides is 1. The minimum absolute atomic E-state index is 0.0320. The first-order valence-electron chi connectivity index (χ1n) is 8.04. The van der Waals surface area contributed by atoms with Crippen molar-refractivity contribution < 1.29 is 19.1 Å². The maximum absolute atomic E-state index is 12.4. The molecule has 24 heavy (non-hydrogen) atoms. The summed E-state index contributed by atoms with van der Waals surface area (Å²) in [6, 6.07) is 6.70. The summed E-state index contributed by atoms with van der Waals surface area (Å²) in [5.74, 6) is -0.291. The van der Waals surface area contributed by atoms with Crippen LogP contribution in [0.25, 0.3) is 0 Å². The molecule has 0 unspecified atom stereocenters. The van der Waals surface area contributed by atoms with Crippen LogP contribution in [0, 0.1) is 5.41 Å². The summed E-state index contributed by atoms with van der Waals surface area (Å²) in [5.41, 5.74) is 5.50. The fourth-order valence-corrected chi connectivity index (χ4v) is 2.89. The second-order valence-electron chi connectivity index (χ2n) is 6.15. The number of carbonyl (C=O) groups excluding carboxylic acids is 2. The highest BCUT2D eigenvalue weighted by Crippen LogP contribution is 2.28. The maximum atomic E-state index is 12.4. The maximum Gasteiger partial charge on any atom is 0.255 e. The van der Waals surface area contributed by atoms with E-state index in [0.717, 1.165) is 25.9 Å². The fourth-order valence-electron chi connectivity index (χ4n) is 2.89. The molecule has 0 atom stereocenters. The Bertz CT molecular complexity index is 565. The van der Waals surface area contributed by atoms with E-state index in [0.29, 0.717) is 24.5 Å². The van der Waals surface area contributed by atoms with Crippen LogP contribution in [0.3, 0.4) is 0 Å². The van der Waals surface area contributed by atoms with E-state index in [1.54, 1.807) is 31.4 Å². The van der Waals surface area contributed by atoms with Gasteiger partial charge in [0.25, 0.3) is 11.8 Å². The molecular weight excluding hydrogens is 310 g/mol. The number of piperidine rings is 1. The Morgan fingerprint density at radius 2 is 2.08 bits per heavy atom. The number of methoxy groups -OCH3 is 1. The summed E-state index contributed by atoms with van der Waals surface area (Å²) in [6.45, 7) is 2.82. The molecule has 4 N–H and O–H groups in total. The zero-order chi connectivity index (χ0) is 17.4. The Labute approximate surface area is 141 Å². The van der Waals surface area contributed by atoms with Gasteiger partial charge in [-0.05, 0) is 44.1 Å². The zero-order valence-corrected chi connectivity index (χ0v) is 14.0. The van der Waals surface area contributed by atoms with Gasteiger partial charge in [0.2, 0.25) is 0 Å². The minimum atomic E-state index is -0.558. The van der Waals surface area contributed by atoms with Gasteiger partial charge < -0.3 is 25.8 Å². The molecule has 2 rings (SSSR count). The lowest BCUT2D eigenvalue weighted by molar-refractivity contribution is -0.119. The molecule has 0 radical (unpaired) electrons. The van der Waals surface area contributed by atoms with Gasteiger partial charge in [-0.15, -0.1) is 0 Å². The number of amides is 2. The molecule has 7 nitrogen and oxygen atoms in total. The fraction of sp³-hybridized carbons (Fsp3) is 0.529. The first-order valence-corrected chi connectivity index (χ1v) is 8.04. The quantitative estimate of drug-likeness (QED) is 0.634. The molecule has 1 aromatic rings. The molecule has 1 saturated heterocycles. The van der Waals surface area contributed by atoms with Crippen molar-refractivity contribution in [2.45, 2.75) is 12.8 Å². The molecule has 1 aromatic carbocycles. The van der Waals surface area contributed by atoms with E-state index >= 15 is 0 Å². The van der Waals surface area contributed by atoms with E-state index in [4.69, 9.17) is 15.2 Å². The summed E-state index contributed by atoms with van der Waals surface area (Å²) in [4.78, 5) is 23.2. The van der Waals surface area contributed by atoms with Gasteiger partial charge in [-0.3, -0.25) is 9.59 Å². The lowest BCUT2D eigenvalue weighted by atomic mass is 9.79. The largest absolute Gasteiger partial charge is 0.484 e. The minimum Gasteiger partial charge on any atom is -0.484 e.